The van der Waals surface area contributed by atoms with Crippen molar-refractivity contribution in [2.24, 2.45) is 5.92 Å². The maximum atomic E-state index is 11.4. The predicted molar refractivity (Wildman–Crippen MR) is 86.8 cm³/mol. The van der Waals surface area contributed by atoms with E-state index in [1.807, 2.05) is 0 Å². The molecule has 0 radical (unpaired) electrons. The first kappa shape index (κ1) is 18.2. The highest BCUT2D eigenvalue weighted by Gasteiger charge is 2.23. The van der Waals surface area contributed by atoms with Crippen LogP contribution in [0.1, 0.15) is 39.5 Å². The monoisotopic (exact) mass is 304 g/mol. The van der Waals surface area contributed by atoms with Crippen molar-refractivity contribution in [2.45, 2.75) is 45.6 Å². The molecule has 1 fully saturated rings. The molecule has 0 amide bonds. The minimum absolute atomic E-state index is 0.456. The molecule has 1 saturated heterocycles. The van der Waals surface area contributed by atoms with Crippen LogP contribution in [0.5, 0.6) is 0 Å². The van der Waals surface area contributed by atoms with E-state index in [0.29, 0.717) is 12.2 Å². The normalized spacial score (nSPS) is 21.6. The molecule has 1 unspecified atom stereocenters. The van der Waals surface area contributed by atoms with Gasteiger partial charge in [0.25, 0.3) is 0 Å². The van der Waals surface area contributed by atoms with Gasteiger partial charge in [0.05, 0.1) is 0 Å². The van der Waals surface area contributed by atoms with Gasteiger partial charge >= 0.3 is 0 Å². The Morgan fingerprint density at radius 3 is 2.40 bits per heavy atom. The molecule has 1 aliphatic heterocycles. The van der Waals surface area contributed by atoms with Crippen molar-refractivity contribution in [1.82, 2.24) is 9.80 Å². The summed E-state index contributed by atoms with van der Waals surface area (Å²) in [6, 6.07) is 0.667. The molecule has 4 nitrogen and oxygen atoms in total. The SMILES string of the molecule is CC(C)CCN(CCCP(C)(=O)O)C1CCN(C)CC1. The molecule has 20 heavy (non-hydrogen) atoms. The Morgan fingerprint density at radius 2 is 1.90 bits per heavy atom. The highest BCUT2D eigenvalue weighted by Crippen LogP contribution is 2.35. The number of nitrogens with zero attached hydrogens (tertiary/aromatic N) is 2. The van der Waals surface area contributed by atoms with Gasteiger partial charge in [-0.15, -0.1) is 0 Å². The maximum Gasteiger partial charge on any atom is 0.197 e. The second-order valence-corrected chi connectivity index (χ2v) is 9.43. The van der Waals surface area contributed by atoms with Gasteiger partial charge in [0.1, 0.15) is 0 Å². The largest absolute Gasteiger partial charge is 0.344 e. The van der Waals surface area contributed by atoms with Crippen molar-refractivity contribution >= 4 is 7.37 Å². The lowest BCUT2D eigenvalue weighted by atomic mass is 10.0. The summed E-state index contributed by atoms with van der Waals surface area (Å²) in [4.78, 5) is 14.4. The van der Waals surface area contributed by atoms with Crippen LogP contribution in [0.3, 0.4) is 0 Å². The van der Waals surface area contributed by atoms with Gasteiger partial charge in [0.15, 0.2) is 7.37 Å². The molecule has 1 rings (SSSR count). The molecule has 0 spiro atoms. The molecule has 0 bridgehead atoms. The van der Waals surface area contributed by atoms with Gasteiger partial charge in [0.2, 0.25) is 0 Å². The first-order chi connectivity index (χ1) is 9.28. The number of hydrogen-bond acceptors (Lipinski definition) is 3. The van der Waals surface area contributed by atoms with Crippen LogP contribution in [0.15, 0.2) is 0 Å². The number of likely N-dealkylation sites (tertiary alicyclic amines) is 1. The fraction of sp³-hybridized carbons (Fsp3) is 1.00. The molecule has 1 atom stereocenters. The quantitative estimate of drug-likeness (QED) is 0.700. The van der Waals surface area contributed by atoms with Crippen molar-refractivity contribution in [3.63, 3.8) is 0 Å². The molecule has 120 valence electrons. The fourth-order valence-electron chi connectivity index (χ4n) is 2.83. The van der Waals surface area contributed by atoms with Crippen LogP contribution in [0, 0.1) is 5.92 Å². The zero-order chi connectivity index (χ0) is 15.2. The molecule has 1 aliphatic rings. The lowest BCUT2D eigenvalue weighted by Gasteiger charge is -2.37. The summed E-state index contributed by atoms with van der Waals surface area (Å²) in [5.41, 5.74) is 0. The van der Waals surface area contributed by atoms with Gasteiger partial charge in [-0.05, 0) is 64.8 Å². The molecule has 1 heterocycles. The van der Waals surface area contributed by atoms with Gasteiger partial charge in [-0.1, -0.05) is 13.8 Å². The molecule has 0 saturated carbocycles. The van der Waals surface area contributed by atoms with Gasteiger partial charge in [0, 0.05) is 18.9 Å². The molecule has 0 aliphatic carbocycles. The molecular weight excluding hydrogens is 271 g/mol. The lowest BCUT2D eigenvalue weighted by Crippen LogP contribution is -2.44. The Bertz CT molecular complexity index is 309. The second kappa shape index (κ2) is 8.53. The van der Waals surface area contributed by atoms with E-state index in [2.05, 4.69) is 30.7 Å². The lowest BCUT2D eigenvalue weighted by molar-refractivity contribution is 0.116. The highest BCUT2D eigenvalue weighted by atomic mass is 31.2. The van der Waals surface area contributed by atoms with Crippen molar-refractivity contribution < 1.29 is 9.46 Å². The van der Waals surface area contributed by atoms with Crippen molar-refractivity contribution in [3.8, 4) is 0 Å². The molecule has 0 aromatic rings. The maximum absolute atomic E-state index is 11.4. The second-order valence-electron chi connectivity index (χ2n) is 6.88. The van der Waals surface area contributed by atoms with Crippen LogP contribution in [0.4, 0.5) is 0 Å². The Morgan fingerprint density at radius 1 is 1.30 bits per heavy atom. The zero-order valence-electron chi connectivity index (χ0n) is 13.7. The van der Waals surface area contributed by atoms with E-state index >= 15 is 0 Å². The number of hydrogen-bond donors (Lipinski definition) is 1. The standard InChI is InChI=1S/C15H33N2O2P/c1-14(2)6-12-17(9-5-13-20(4,18)19)15-7-10-16(3)11-8-15/h14-15H,5-13H2,1-4H3,(H,18,19). The smallest absolute Gasteiger partial charge is 0.197 e. The average molecular weight is 304 g/mol. The minimum Gasteiger partial charge on any atom is -0.344 e. The van der Waals surface area contributed by atoms with Gasteiger partial charge in [-0.25, -0.2) is 0 Å². The van der Waals surface area contributed by atoms with Gasteiger partial charge in [-0.3, -0.25) is 4.57 Å². The van der Waals surface area contributed by atoms with Crippen molar-refractivity contribution in [2.75, 3.05) is 46.1 Å². The average Bonchev–Trinajstić information content (AvgIpc) is 2.33. The van der Waals surface area contributed by atoms with E-state index in [1.54, 1.807) is 0 Å². The molecule has 0 aromatic heterocycles. The third-order valence-corrected chi connectivity index (χ3v) is 5.36. The number of piperidine rings is 1. The summed E-state index contributed by atoms with van der Waals surface area (Å²) in [5, 5.41) is 0. The van der Waals surface area contributed by atoms with Crippen LogP contribution in [0.25, 0.3) is 0 Å². The zero-order valence-corrected chi connectivity index (χ0v) is 14.6. The van der Waals surface area contributed by atoms with Crippen LogP contribution < -0.4 is 0 Å². The van der Waals surface area contributed by atoms with E-state index in [9.17, 15) is 9.46 Å². The summed E-state index contributed by atoms with van der Waals surface area (Å²) in [6.45, 7) is 10.5. The van der Waals surface area contributed by atoms with Crippen LogP contribution in [0.2, 0.25) is 0 Å². The van der Waals surface area contributed by atoms with E-state index in [-0.39, 0.29) is 0 Å². The van der Waals surface area contributed by atoms with Gasteiger partial charge < -0.3 is 14.7 Å². The van der Waals surface area contributed by atoms with Crippen molar-refractivity contribution in [3.05, 3.63) is 0 Å². The molecule has 5 heteroatoms. The van der Waals surface area contributed by atoms with Crippen LogP contribution in [-0.4, -0.2) is 66.8 Å². The highest BCUT2D eigenvalue weighted by molar-refractivity contribution is 7.57. The molecule has 0 aromatic carbocycles. The summed E-state index contributed by atoms with van der Waals surface area (Å²) in [5.74, 6) is 0.721. The third kappa shape index (κ3) is 7.78. The van der Waals surface area contributed by atoms with Crippen LogP contribution in [-0.2, 0) is 4.57 Å². The van der Waals surface area contributed by atoms with Crippen LogP contribution >= 0.6 is 7.37 Å². The predicted octanol–water partition coefficient (Wildman–Crippen LogP) is 2.72. The van der Waals surface area contributed by atoms with Gasteiger partial charge in [-0.2, -0.15) is 0 Å². The minimum atomic E-state index is -2.84. The van der Waals surface area contributed by atoms with E-state index in [0.717, 1.165) is 25.4 Å². The Balaban J connectivity index is 2.44. The Hall–Kier alpha value is 0.110. The van der Waals surface area contributed by atoms with E-state index < -0.39 is 7.37 Å². The summed E-state index contributed by atoms with van der Waals surface area (Å²) >= 11 is 0. The molecular formula is C15H33N2O2P. The number of rotatable bonds is 8. The summed E-state index contributed by atoms with van der Waals surface area (Å²) in [7, 11) is -0.657. The Kier molecular flexibility index (Phi) is 7.74. The third-order valence-electron chi connectivity index (χ3n) is 4.22. The van der Waals surface area contributed by atoms with E-state index in [4.69, 9.17) is 0 Å². The van der Waals surface area contributed by atoms with Crippen molar-refractivity contribution in [1.29, 1.82) is 0 Å². The summed E-state index contributed by atoms with van der Waals surface area (Å²) in [6.07, 6.45) is 4.98. The Labute approximate surface area is 125 Å². The topological polar surface area (TPSA) is 43.8 Å². The fourth-order valence-corrected chi connectivity index (χ4v) is 3.56. The first-order valence-corrected chi connectivity index (χ1v) is 10.3. The van der Waals surface area contributed by atoms with E-state index in [1.165, 1.54) is 39.0 Å². The molecule has 1 N–H and O–H groups in total. The first-order valence-electron chi connectivity index (χ1n) is 8.00. The summed E-state index contributed by atoms with van der Waals surface area (Å²) < 4.78 is 11.4.